The molecule has 0 atom stereocenters. The van der Waals surface area contributed by atoms with E-state index >= 15 is 0 Å². The highest BCUT2D eigenvalue weighted by atomic mass is 79.9. The van der Waals surface area contributed by atoms with Gasteiger partial charge in [0.2, 0.25) is 5.91 Å². The van der Waals surface area contributed by atoms with E-state index in [0.717, 1.165) is 21.9 Å². The number of anilines is 2. The molecule has 1 aromatic heterocycles. The highest BCUT2D eigenvalue weighted by Crippen LogP contribution is 2.32. The van der Waals surface area contributed by atoms with Crippen LogP contribution in [-0.4, -0.2) is 38.8 Å². The Morgan fingerprint density at radius 2 is 1.85 bits per heavy atom. The van der Waals surface area contributed by atoms with Gasteiger partial charge < -0.3 is 5.32 Å². The van der Waals surface area contributed by atoms with Crippen LogP contribution in [0.1, 0.15) is 21.5 Å². The Kier molecular flexibility index (Phi) is 6.95. The van der Waals surface area contributed by atoms with Crippen LogP contribution >= 0.6 is 38.9 Å². The lowest BCUT2D eigenvalue weighted by atomic mass is 9.97. The number of nitrogens with zero attached hydrogens (tertiary/aromatic N) is 1. The summed E-state index contributed by atoms with van der Waals surface area (Å²) in [6.45, 7) is 0. The molecule has 2 amide bonds. The Morgan fingerprint density at radius 1 is 1.15 bits per heavy atom. The van der Waals surface area contributed by atoms with E-state index in [1.807, 2.05) is 0 Å². The maximum absolute atomic E-state index is 13.1. The lowest BCUT2D eigenvalue weighted by Crippen LogP contribution is -2.42. The maximum Gasteiger partial charge on any atom is 0.265 e. The van der Waals surface area contributed by atoms with E-state index in [0.29, 0.717) is 31.2 Å². The normalized spacial score (nSPS) is 13.7. The SMILES string of the molecule is CNc1cc2c(cc1Br)C(=O)N(c1ccc(CC(=O)CS(=O)(=O)c3ccc(Cl)s3)cc1)C(=O)C2. The molecule has 0 fully saturated rings. The molecular weight excluding hydrogens is 564 g/mol. The van der Waals surface area contributed by atoms with Crippen LogP contribution in [0.4, 0.5) is 11.4 Å². The van der Waals surface area contributed by atoms with Gasteiger partial charge in [-0.2, -0.15) is 0 Å². The Labute approximate surface area is 213 Å². The summed E-state index contributed by atoms with van der Waals surface area (Å²) < 4.78 is 25.9. The Balaban J connectivity index is 1.49. The predicted octanol–water partition coefficient (Wildman–Crippen LogP) is 4.52. The smallest absolute Gasteiger partial charge is 0.265 e. The molecule has 1 aliphatic rings. The van der Waals surface area contributed by atoms with Crippen molar-refractivity contribution in [2.75, 3.05) is 23.0 Å². The number of thiophene rings is 1. The van der Waals surface area contributed by atoms with Gasteiger partial charge in [-0.05, 0) is 63.5 Å². The van der Waals surface area contributed by atoms with E-state index in [1.165, 1.54) is 12.1 Å². The first-order valence-electron chi connectivity index (χ1n) is 10.1. The molecule has 0 spiro atoms. The van der Waals surface area contributed by atoms with Crippen molar-refractivity contribution in [2.45, 2.75) is 17.1 Å². The molecule has 0 saturated carbocycles. The molecule has 4 rings (SSSR count). The summed E-state index contributed by atoms with van der Waals surface area (Å²) in [6.07, 6.45) is -0.0169. The third kappa shape index (κ3) is 4.95. The molecule has 2 aromatic carbocycles. The molecule has 2 heterocycles. The highest BCUT2D eigenvalue weighted by Gasteiger charge is 2.33. The number of halogens is 2. The van der Waals surface area contributed by atoms with Gasteiger partial charge in [-0.15, -0.1) is 11.3 Å². The minimum absolute atomic E-state index is 0.0528. The van der Waals surface area contributed by atoms with Crippen LogP contribution < -0.4 is 10.2 Å². The van der Waals surface area contributed by atoms with E-state index < -0.39 is 27.3 Å². The zero-order chi connectivity index (χ0) is 24.6. The fourth-order valence-corrected chi connectivity index (χ4v) is 7.03. The zero-order valence-electron chi connectivity index (χ0n) is 17.8. The number of Topliss-reactive ketones (excluding diaryl/α,β-unsaturated/α-hetero) is 1. The number of benzene rings is 2. The average molecular weight is 582 g/mol. The molecule has 34 heavy (non-hydrogen) atoms. The van der Waals surface area contributed by atoms with Crippen LogP contribution in [0.15, 0.2) is 57.2 Å². The number of rotatable bonds is 7. The van der Waals surface area contributed by atoms with Crippen LogP contribution in [0.5, 0.6) is 0 Å². The van der Waals surface area contributed by atoms with Gasteiger partial charge in [-0.3, -0.25) is 14.4 Å². The van der Waals surface area contributed by atoms with Crippen LogP contribution in [0.3, 0.4) is 0 Å². The first kappa shape index (κ1) is 24.6. The highest BCUT2D eigenvalue weighted by molar-refractivity contribution is 9.10. The minimum atomic E-state index is -3.76. The number of fused-ring (bicyclic) bond motifs is 1. The van der Waals surface area contributed by atoms with Crippen LogP contribution in [0.2, 0.25) is 4.34 Å². The van der Waals surface area contributed by atoms with E-state index in [1.54, 1.807) is 43.4 Å². The third-order valence-electron chi connectivity index (χ3n) is 5.29. The van der Waals surface area contributed by atoms with Gasteiger partial charge in [0.25, 0.3) is 5.91 Å². The van der Waals surface area contributed by atoms with E-state index in [-0.39, 0.29) is 23.0 Å². The van der Waals surface area contributed by atoms with Gasteiger partial charge in [0.15, 0.2) is 15.6 Å². The third-order valence-corrected chi connectivity index (χ3v) is 9.43. The van der Waals surface area contributed by atoms with Crippen molar-refractivity contribution >= 4 is 77.7 Å². The maximum atomic E-state index is 13.1. The summed E-state index contributed by atoms with van der Waals surface area (Å²) in [7, 11) is -2.00. The predicted molar refractivity (Wildman–Crippen MR) is 136 cm³/mol. The van der Waals surface area contributed by atoms with Crippen molar-refractivity contribution in [1.29, 1.82) is 0 Å². The summed E-state index contributed by atoms with van der Waals surface area (Å²) >= 11 is 10.1. The van der Waals surface area contributed by atoms with Gasteiger partial charge in [0.05, 0.1) is 16.4 Å². The summed E-state index contributed by atoms with van der Waals surface area (Å²) in [5, 5.41) is 3.01. The molecule has 3 aromatic rings. The summed E-state index contributed by atoms with van der Waals surface area (Å²) in [4.78, 5) is 39.3. The topological polar surface area (TPSA) is 101 Å². The monoisotopic (exact) mass is 580 g/mol. The van der Waals surface area contributed by atoms with Crippen molar-refractivity contribution in [3.8, 4) is 0 Å². The number of nitrogens with one attached hydrogen (secondary N) is 1. The van der Waals surface area contributed by atoms with Gasteiger partial charge in [-0.25, -0.2) is 13.3 Å². The van der Waals surface area contributed by atoms with Gasteiger partial charge >= 0.3 is 0 Å². The summed E-state index contributed by atoms with van der Waals surface area (Å²) in [5.41, 5.74) is 2.82. The molecule has 176 valence electrons. The second-order valence-electron chi connectivity index (χ2n) is 7.65. The van der Waals surface area contributed by atoms with Gasteiger partial charge in [0, 0.05) is 29.2 Å². The molecular formula is C23H18BrClN2O5S2. The Morgan fingerprint density at radius 3 is 2.47 bits per heavy atom. The van der Waals surface area contributed by atoms with Crippen molar-refractivity contribution in [1.82, 2.24) is 0 Å². The van der Waals surface area contributed by atoms with Gasteiger partial charge in [0.1, 0.15) is 9.96 Å². The molecule has 7 nitrogen and oxygen atoms in total. The van der Waals surface area contributed by atoms with Crippen molar-refractivity contribution in [2.24, 2.45) is 0 Å². The van der Waals surface area contributed by atoms with E-state index in [9.17, 15) is 22.8 Å². The second-order valence-corrected chi connectivity index (χ2v) is 12.4. The number of sulfone groups is 1. The van der Waals surface area contributed by atoms with Crippen molar-refractivity contribution in [3.63, 3.8) is 0 Å². The zero-order valence-corrected chi connectivity index (χ0v) is 21.8. The minimum Gasteiger partial charge on any atom is -0.387 e. The molecule has 0 unspecified atom stereocenters. The molecule has 1 N–H and O–H groups in total. The number of carbonyl (C=O) groups is 3. The quantitative estimate of drug-likeness (QED) is 0.412. The number of amides is 2. The number of imide groups is 1. The number of hydrogen-bond acceptors (Lipinski definition) is 7. The molecule has 0 bridgehead atoms. The van der Waals surface area contributed by atoms with Crippen molar-refractivity contribution < 1.29 is 22.8 Å². The van der Waals surface area contributed by atoms with Gasteiger partial charge in [-0.1, -0.05) is 23.7 Å². The van der Waals surface area contributed by atoms with Crippen LogP contribution in [-0.2, 0) is 32.3 Å². The fourth-order valence-electron chi connectivity index (χ4n) is 3.68. The number of hydrogen-bond donors (Lipinski definition) is 1. The number of carbonyl (C=O) groups excluding carboxylic acids is 3. The first-order valence-corrected chi connectivity index (χ1v) is 13.7. The largest absolute Gasteiger partial charge is 0.387 e. The Bertz CT molecular complexity index is 1420. The average Bonchev–Trinajstić information content (AvgIpc) is 3.22. The Hall–Kier alpha value is -2.53. The summed E-state index contributed by atoms with van der Waals surface area (Å²) in [5.74, 6) is -1.89. The molecule has 1 aliphatic heterocycles. The fraction of sp³-hybridized carbons (Fsp3) is 0.174. The lowest BCUT2D eigenvalue weighted by Gasteiger charge is -2.27. The standard InChI is InChI=1S/C23H18BrClN2O5S2/c1-26-19-9-14-10-21(29)27(23(30)17(14)11-18(19)24)15-4-2-13(3-5-15)8-16(28)12-34(31,32)22-7-6-20(25)33-22/h2-7,9,11,26H,8,10,12H2,1H3. The molecule has 0 saturated heterocycles. The molecule has 0 aliphatic carbocycles. The lowest BCUT2D eigenvalue weighted by molar-refractivity contribution is -0.118. The van der Waals surface area contributed by atoms with E-state index in [2.05, 4.69) is 21.2 Å². The van der Waals surface area contributed by atoms with Crippen molar-refractivity contribution in [3.05, 3.63) is 74.0 Å². The summed E-state index contributed by atoms with van der Waals surface area (Å²) in [6, 6.07) is 12.7. The van der Waals surface area contributed by atoms with Crippen LogP contribution in [0.25, 0.3) is 0 Å². The number of ketones is 1. The molecule has 0 radical (unpaired) electrons. The van der Waals surface area contributed by atoms with Crippen LogP contribution in [0, 0.1) is 0 Å². The van der Waals surface area contributed by atoms with E-state index in [4.69, 9.17) is 11.6 Å². The molecule has 11 heteroatoms. The second kappa shape index (κ2) is 9.61. The first-order chi connectivity index (χ1) is 16.1.